The maximum absolute atomic E-state index is 12.2. The van der Waals surface area contributed by atoms with E-state index in [2.05, 4.69) is 12.1 Å². The van der Waals surface area contributed by atoms with Crippen molar-refractivity contribution in [2.24, 2.45) is 5.92 Å². The number of rotatable bonds is 1. The molecule has 2 heterocycles. The lowest BCUT2D eigenvalue weighted by atomic mass is 10.0. The molecule has 0 N–H and O–H groups in total. The second-order valence-corrected chi connectivity index (χ2v) is 8.33. The predicted molar refractivity (Wildman–Crippen MR) is 76.5 cm³/mol. The van der Waals surface area contributed by atoms with Crippen molar-refractivity contribution in [3.05, 3.63) is 29.3 Å². The van der Waals surface area contributed by atoms with Crippen molar-refractivity contribution in [1.29, 1.82) is 0 Å². The Morgan fingerprint density at radius 2 is 1.90 bits per heavy atom. The van der Waals surface area contributed by atoms with E-state index in [4.69, 9.17) is 0 Å². The smallest absolute Gasteiger partial charge is 0.227 e. The Bertz CT molecular complexity index is 695. The summed E-state index contributed by atoms with van der Waals surface area (Å²) in [4.78, 5) is 14.0. The third kappa shape index (κ3) is 1.79. The first-order valence-corrected chi connectivity index (χ1v) is 9.00. The van der Waals surface area contributed by atoms with Gasteiger partial charge in [-0.15, -0.1) is 0 Å². The molecule has 3 aliphatic rings. The molecule has 1 aromatic rings. The number of carbonyl (C=O) groups excluding carboxylic acids is 1. The van der Waals surface area contributed by atoms with Crippen molar-refractivity contribution in [2.75, 3.05) is 16.4 Å². The van der Waals surface area contributed by atoms with Gasteiger partial charge in [-0.2, -0.15) is 0 Å². The molecule has 106 valence electrons. The number of aryl methyl sites for hydroxylation is 2. The number of benzene rings is 1. The summed E-state index contributed by atoms with van der Waals surface area (Å²) in [6.07, 6.45) is 3.73. The van der Waals surface area contributed by atoms with Gasteiger partial charge in [0, 0.05) is 18.0 Å². The lowest BCUT2D eigenvalue weighted by Gasteiger charge is -2.24. The minimum Gasteiger partial charge on any atom is -0.308 e. The first kappa shape index (κ1) is 12.4. The van der Waals surface area contributed by atoms with Gasteiger partial charge < -0.3 is 4.90 Å². The second kappa shape index (κ2) is 4.07. The van der Waals surface area contributed by atoms with Crippen LogP contribution in [0.25, 0.3) is 0 Å². The topological polar surface area (TPSA) is 54.5 Å². The van der Waals surface area contributed by atoms with Crippen LogP contribution in [-0.4, -0.2) is 31.9 Å². The van der Waals surface area contributed by atoms with Gasteiger partial charge in [-0.05, 0) is 42.5 Å². The van der Waals surface area contributed by atoms with E-state index in [9.17, 15) is 13.2 Å². The minimum absolute atomic E-state index is 0.0132. The zero-order valence-corrected chi connectivity index (χ0v) is 12.0. The fourth-order valence-corrected chi connectivity index (χ4v) is 6.00. The first-order chi connectivity index (χ1) is 9.53. The van der Waals surface area contributed by atoms with Crippen LogP contribution in [0, 0.1) is 5.92 Å². The summed E-state index contributed by atoms with van der Waals surface area (Å²) in [5.41, 5.74) is 3.58. The maximum atomic E-state index is 12.2. The van der Waals surface area contributed by atoms with Crippen molar-refractivity contribution in [3.8, 4) is 0 Å². The zero-order valence-electron chi connectivity index (χ0n) is 11.2. The highest BCUT2D eigenvalue weighted by atomic mass is 32.2. The largest absolute Gasteiger partial charge is 0.308 e. The summed E-state index contributed by atoms with van der Waals surface area (Å²) in [5.74, 6) is 0.360. The van der Waals surface area contributed by atoms with Crippen molar-refractivity contribution < 1.29 is 13.2 Å². The van der Waals surface area contributed by atoms with E-state index < -0.39 is 9.84 Å². The molecule has 1 aromatic carbocycles. The average Bonchev–Trinajstić information content (AvgIpc) is 3.00. The average molecular weight is 291 g/mol. The SMILES string of the molecule is O=C1CC2CS(=O)(=O)CC2N1c1ccc2c(c1)CCC2. The van der Waals surface area contributed by atoms with E-state index in [1.807, 2.05) is 6.07 Å². The first-order valence-electron chi connectivity index (χ1n) is 7.18. The third-order valence-corrected chi connectivity index (χ3v) is 6.62. The summed E-state index contributed by atoms with van der Waals surface area (Å²) in [7, 11) is -2.98. The van der Waals surface area contributed by atoms with Crippen LogP contribution in [0.1, 0.15) is 24.0 Å². The highest BCUT2D eigenvalue weighted by Gasteiger charge is 2.49. The standard InChI is InChI=1S/C15H17NO3S/c17-15-7-12-8-20(18,19)9-14(12)16(15)13-5-4-10-2-1-3-11(10)6-13/h4-6,12,14H,1-3,7-9H2. The fourth-order valence-electron chi connectivity index (χ4n) is 3.93. The Balaban J connectivity index is 1.72. The molecule has 2 unspecified atom stereocenters. The van der Waals surface area contributed by atoms with E-state index in [1.54, 1.807) is 4.90 Å². The molecule has 2 fully saturated rings. The molecule has 2 aliphatic heterocycles. The molecular weight excluding hydrogens is 274 g/mol. The molecule has 5 heteroatoms. The molecule has 0 bridgehead atoms. The van der Waals surface area contributed by atoms with Crippen molar-refractivity contribution in [3.63, 3.8) is 0 Å². The Morgan fingerprint density at radius 1 is 1.10 bits per heavy atom. The molecule has 2 atom stereocenters. The van der Waals surface area contributed by atoms with Crippen LogP contribution in [0.5, 0.6) is 0 Å². The lowest BCUT2D eigenvalue weighted by Crippen LogP contribution is -2.36. The van der Waals surface area contributed by atoms with Gasteiger partial charge >= 0.3 is 0 Å². The van der Waals surface area contributed by atoms with Crippen molar-refractivity contribution in [1.82, 2.24) is 0 Å². The molecule has 1 amide bonds. The van der Waals surface area contributed by atoms with Crippen LogP contribution < -0.4 is 4.90 Å². The normalized spacial score (nSPS) is 30.6. The van der Waals surface area contributed by atoms with Crippen LogP contribution in [0.4, 0.5) is 5.69 Å². The van der Waals surface area contributed by atoms with E-state index in [0.29, 0.717) is 6.42 Å². The van der Waals surface area contributed by atoms with Gasteiger partial charge in [-0.3, -0.25) is 4.79 Å². The fraction of sp³-hybridized carbons (Fsp3) is 0.533. The van der Waals surface area contributed by atoms with Crippen molar-refractivity contribution >= 4 is 21.4 Å². The highest BCUT2D eigenvalue weighted by molar-refractivity contribution is 7.91. The Kier molecular flexibility index (Phi) is 2.52. The quantitative estimate of drug-likeness (QED) is 0.784. The number of amides is 1. The molecule has 4 nitrogen and oxygen atoms in total. The molecular formula is C15H17NO3S. The van der Waals surface area contributed by atoms with E-state index >= 15 is 0 Å². The summed E-state index contributed by atoms with van der Waals surface area (Å²) < 4.78 is 23.6. The van der Waals surface area contributed by atoms with E-state index in [1.165, 1.54) is 17.5 Å². The van der Waals surface area contributed by atoms with Gasteiger partial charge in [-0.25, -0.2) is 8.42 Å². The third-order valence-electron chi connectivity index (χ3n) is 4.83. The number of nitrogens with zero attached hydrogens (tertiary/aromatic N) is 1. The van der Waals surface area contributed by atoms with Crippen LogP contribution >= 0.6 is 0 Å². The molecule has 0 spiro atoms. The van der Waals surface area contributed by atoms with E-state index in [0.717, 1.165) is 18.5 Å². The summed E-state index contributed by atoms with van der Waals surface area (Å²) in [6, 6.07) is 6.02. The van der Waals surface area contributed by atoms with Gasteiger partial charge in [0.2, 0.25) is 5.91 Å². The molecule has 0 saturated carbocycles. The molecule has 2 saturated heterocycles. The minimum atomic E-state index is -2.98. The predicted octanol–water partition coefficient (Wildman–Crippen LogP) is 1.33. The van der Waals surface area contributed by atoms with Gasteiger partial charge in [0.15, 0.2) is 9.84 Å². The Labute approximate surface area is 118 Å². The summed E-state index contributed by atoms with van der Waals surface area (Å²) in [6.45, 7) is 0. The molecule has 4 rings (SSSR count). The lowest BCUT2D eigenvalue weighted by molar-refractivity contribution is -0.117. The monoisotopic (exact) mass is 291 g/mol. The maximum Gasteiger partial charge on any atom is 0.227 e. The van der Waals surface area contributed by atoms with Gasteiger partial charge in [-0.1, -0.05) is 6.07 Å². The van der Waals surface area contributed by atoms with Gasteiger partial charge in [0.25, 0.3) is 0 Å². The van der Waals surface area contributed by atoms with Crippen LogP contribution in [0.2, 0.25) is 0 Å². The Hall–Kier alpha value is -1.36. The molecule has 20 heavy (non-hydrogen) atoms. The summed E-state index contributed by atoms with van der Waals surface area (Å²) in [5, 5.41) is 0. The van der Waals surface area contributed by atoms with Gasteiger partial charge in [0.1, 0.15) is 0 Å². The molecule has 1 aliphatic carbocycles. The number of fused-ring (bicyclic) bond motifs is 2. The van der Waals surface area contributed by atoms with Crippen molar-refractivity contribution in [2.45, 2.75) is 31.7 Å². The summed E-state index contributed by atoms with van der Waals surface area (Å²) >= 11 is 0. The molecule has 0 aromatic heterocycles. The zero-order chi connectivity index (χ0) is 13.9. The number of anilines is 1. The van der Waals surface area contributed by atoms with E-state index in [-0.39, 0.29) is 29.4 Å². The second-order valence-electron chi connectivity index (χ2n) is 6.18. The number of sulfone groups is 1. The Morgan fingerprint density at radius 3 is 2.75 bits per heavy atom. The van der Waals surface area contributed by atoms with Gasteiger partial charge in [0.05, 0.1) is 17.5 Å². The number of carbonyl (C=O) groups is 1. The number of hydrogen-bond acceptors (Lipinski definition) is 3. The van der Waals surface area contributed by atoms with Crippen LogP contribution in [0.15, 0.2) is 18.2 Å². The van der Waals surface area contributed by atoms with Crippen LogP contribution in [0.3, 0.4) is 0 Å². The highest BCUT2D eigenvalue weighted by Crippen LogP contribution is 2.38. The molecule has 0 radical (unpaired) electrons. The van der Waals surface area contributed by atoms with Crippen LogP contribution in [-0.2, 0) is 27.5 Å². The number of hydrogen-bond donors (Lipinski definition) is 0.